The highest BCUT2D eigenvalue weighted by Crippen LogP contribution is 2.22. The van der Waals surface area contributed by atoms with Crippen molar-refractivity contribution in [2.24, 2.45) is 0 Å². The van der Waals surface area contributed by atoms with Gasteiger partial charge in [-0.15, -0.1) is 10.2 Å². The first-order chi connectivity index (χ1) is 13.1. The number of hydrogen-bond acceptors (Lipinski definition) is 4. The van der Waals surface area contributed by atoms with Crippen LogP contribution in [0.1, 0.15) is 41.6 Å². The second-order valence-corrected chi connectivity index (χ2v) is 6.82. The molecule has 4 rings (SSSR count). The van der Waals surface area contributed by atoms with Crippen LogP contribution < -0.4 is 5.32 Å². The number of rotatable bonds is 5. The number of nitrogens with zero attached hydrogens (tertiary/aromatic N) is 4. The van der Waals surface area contributed by atoms with E-state index >= 15 is 0 Å². The van der Waals surface area contributed by atoms with Gasteiger partial charge in [-0.05, 0) is 30.2 Å². The van der Waals surface area contributed by atoms with E-state index < -0.39 is 0 Å². The quantitative estimate of drug-likeness (QED) is 0.593. The summed E-state index contributed by atoms with van der Waals surface area (Å²) in [4.78, 5) is 17.5. The molecule has 0 spiro atoms. The van der Waals surface area contributed by atoms with Crippen LogP contribution in [0.5, 0.6) is 0 Å². The summed E-state index contributed by atoms with van der Waals surface area (Å²) in [5.41, 5.74) is 3.23. The second kappa shape index (κ2) is 7.15. The monoisotopic (exact) mass is 359 g/mol. The third-order valence-corrected chi connectivity index (χ3v) is 4.59. The molecule has 0 atom stereocenters. The molecule has 0 aliphatic heterocycles. The van der Waals surface area contributed by atoms with Gasteiger partial charge >= 0.3 is 0 Å². The zero-order valence-electron chi connectivity index (χ0n) is 15.4. The molecule has 0 saturated carbocycles. The maximum absolute atomic E-state index is 12.8. The molecule has 4 aromatic rings. The summed E-state index contributed by atoms with van der Waals surface area (Å²) >= 11 is 0. The van der Waals surface area contributed by atoms with Crippen LogP contribution in [-0.2, 0) is 6.42 Å². The number of hydrogen-bond donors (Lipinski definition) is 1. The highest BCUT2D eigenvalue weighted by molar-refractivity contribution is 6.06. The Morgan fingerprint density at radius 1 is 1.11 bits per heavy atom. The number of amides is 1. The van der Waals surface area contributed by atoms with Crippen molar-refractivity contribution >= 4 is 22.5 Å². The molecule has 0 fully saturated rings. The number of benzene rings is 1. The number of nitrogens with one attached hydrogen (secondary N) is 1. The Labute approximate surface area is 157 Å². The van der Waals surface area contributed by atoms with Crippen molar-refractivity contribution in [2.45, 2.75) is 26.2 Å². The van der Waals surface area contributed by atoms with Crippen LogP contribution in [0.2, 0.25) is 0 Å². The number of aromatic nitrogens is 4. The van der Waals surface area contributed by atoms with Gasteiger partial charge in [-0.25, -0.2) is 0 Å². The average Bonchev–Trinajstić information content (AvgIpc) is 3.10. The van der Waals surface area contributed by atoms with Crippen LogP contribution in [-0.4, -0.2) is 32.0 Å². The molecule has 136 valence electrons. The minimum atomic E-state index is -0.0932. The van der Waals surface area contributed by atoms with E-state index in [1.807, 2.05) is 59.1 Å². The van der Waals surface area contributed by atoms with Gasteiger partial charge in [-0.1, -0.05) is 38.1 Å². The fourth-order valence-corrected chi connectivity index (χ4v) is 3.12. The van der Waals surface area contributed by atoms with Gasteiger partial charge in [0, 0.05) is 30.2 Å². The third-order valence-electron chi connectivity index (χ3n) is 4.59. The first-order valence-corrected chi connectivity index (χ1v) is 9.10. The van der Waals surface area contributed by atoms with Crippen LogP contribution >= 0.6 is 0 Å². The molecule has 6 nitrogen and oxygen atoms in total. The lowest BCUT2D eigenvalue weighted by Gasteiger charge is -2.12. The van der Waals surface area contributed by atoms with Crippen LogP contribution in [0.3, 0.4) is 0 Å². The van der Waals surface area contributed by atoms with Crippen LogP contribution in [0.4, 0.5) is 0 Å². The van der Waals surface area contributed by atoms with Crippen molar-refractivity contribution in [2.75, 3.05) is 6.54 Å². The van der Waals surface area contributed by atoms with Gasteiger partial charge in [0.2, 0.25) is 0 Å². The normalized spacial score (nSPS) is 11.4. The summed E-state index contributed by atoms with van der Waals surface area (Å²) in [7, 11) is 0. The third kappa shape index (κ3) is 3.38. The standard InChI is InChI=1S/C21H21N5O/c1-14(2)18-13-16(15-7-3-4-8-17(15)23-18)21(27)22-11-10-20-25-24-19-9-5-6-12-26(19)20/h3-9,12-14H,10-11H2,1-2H3,(H,22,27). The van der Waals surface area contributed by atoms with Gasteiger partial charge in [0.25, 0.3) is 5.91 Å². The molecule has 1 amide bonds. The van der Waals surface area contributed by atoms with Gasteiger partial charge in [0.05, 0.1) is 11.1 Å². The van der Waals surface area contributed by atoms with E-state index in [0.29, 0.717) is 18.5 Å². The molecule has 27 heavy (non-hydrogen) atoms. The van der Waals surface area contributed by atoms with E-state index in [1.54, 1.807) is 0 Å². The van der Waals surface area contributed by atoms with Gasteiger partial charge in [-0.2, -0.15) is 0 Å². The van der Waals surface area contributed by atoms with Gasteiger partial charge in [0.15, 0.2) is 5.65 Å². The minimum Gasteiger partial charge on any atom is -0.352 e. The van der Waals surface area contributed by atoms with E-state index in [9.17, 15) is 4.79 Å². The summed E-state index contributed by atoms with van der Waals surface area (Å²) < 4.78 is 1.94. The van der Waals surface area contributed by atoms with Crippen molar-refractivity contribution in [1.29, 1.82) is 0 Å². The fraction of sp³-hybridized carbons (Fsp3) is 0.238. The lowest BCUT2D eigenvalue weighted by molar-refractivity contribution is 0.0955. The average molecular weight is 359 g/mol. The summed E-state index contributed by atoms with van der Waals surface area (Å²) in [5.74, 6) is 0.987. The molecular weight excluding hydrogens is 338 g/mol. The van der Waals surface area contributed by atoms with Crippen molar-refractivity contribution in [3.8, 4) is 0 Å². The smallest absolute Gasteiger partial charge is 0.252 e. The van der Waals surface area contributed by atoms with Crippen LogP contribution in [0.15, 0.2) is 54.7 Å². The van der Waals surface area contributed by atoms with Gasteiger partial charge < -0.3 is 5.32 Å². The van der Waals surface area contributed by atoms with E-state index in [1.165, 1.54) is 0 Å². The Bertz CT molecular complexity index is 1120. The molecule has 1 N–H and O–H groups in total. The number of carbonyl (C=O) groups is 1. The summed E-state index contributed by atoms with van der Waals surface area (Å²) in [6.45, 7) is 4.65. The predicted molar refractivity (Wildman–Crippen MR) is 105 cm³/mol. The Hall–Kier alpha value is -3.28. The molecule has 0 unspecified atom stereocenters. The maximum atomic E-state index is 12.8. The van der Waals surface area contributed by atoms with Gasteiger partial charge in [0.1, 0.15) is 5.82 Å². The zero-order valence-corrected chi connectivity index (χ0v) is 15.4. The lowest BCUT2D eigenvalue weighted by Crippen LogP contribution is -2.26. The Morgan fingerprint density at radius 2 is 1.93 bits per heavy atom. The molecule has 0 bridgehead atoms. The second-order valence-electron chi connectivity index (χ2n) is 6.82. The Morgan fingerprint density at radius 3 is 2.78 bits per heavy atom. The SMILES string of the molecule is CC(C)c1cc(C(=O)NCCc2nnc3ccccn23)c2ccccc2n1. The summed E-state index contributed by atoms with van der Waals surface area (Å²) in [6, 6.07) is 15.4. The molecule has 0 saturated heterocycles. The largest absolute Gasteiger partial charge is 0.352 e. The first kappa shape index (κ1) is 17.1. The van der Waals surface area contributed by atoms with Gasteiger partial charge in [-0.3, -0.25) is 14.2 Å². The van der Waals surface area contributed by atoms with E-state index in [0.717, 1.165) is 28.1 Å². The molecule has 1 aromatic carbocycles. The topological polar surface area (TPSA) is 72.2 Å². The van der Waals surface area contributed by atoms with Crippen molar-refractivity contribution < 1.29 is 4.79 Å². The summed E-state index contributed by atoms with van der Waals surface area (Å²) in [5, 5.41) is 12.2. The van der Waals surface area contributed by atoms with E-state index in [2.05, 4.69) is 34.3 Å². The molecule has 6 heteroatoms. The zero-order chi connectivity index (χ0) is 18.8. The van der Waals surface area contributed by atoms with E-state index in [-0.39, 0.29) is 11.8 Å². The van der Waals surface area contributed by atoms with Crippen molar-refractivity contribution in [3.05, 3.63) is 71.8 Å². The minimum absolute atomic E-state index is 0.0932. The lowest BCUT2D eigenvalue weighted by atomic mass is 10.0. The fourth-order valence-electron chi connectivity index (χ4n) is 3.12. The predicted octanol–water partition coefficient (Wildman–Crippen LogP) is 3.37. The molecule has 0 radical (unpaired) electrons. The van der Waals surface area contributed by atoms with E-state index in [4.69, 9.17) is 0 Å². The molecule has 0 aliphatic carbocycles. The number of carbonyl (C=O) groups excluding carboxylic acids is 1. The molecule has 3 heterocycles. The molecule has 0 aliphatic rings. The maximum Gasteiger partial charge on any atom is 0.252 e. The van der Waals surface area contributed by atoms with Crippen LogP contribution in [0, 0.1) is 0 Å². The Balaban J connectivity index is 1.54. The Kier molecular flexibility index (Phi) is 4.54. The molecular formula is C21H21N5O. The van der Waals surface area contributed by atoms with Crippen molar-refractivity contribution in [3.63, 3.8) is 0 Å². The number of pyridine rings is 2. The summed E-state index contributed by atoms with van der Waals surface area (Å²) in [6.07, 6.45) is 2.54. The highest BCUT2D eigenvalue weighted by Gasteiger charge is 2.14. The number of para-hydroxylation sites is 1. The van der Waals surface area contributed by atoms with Crippen LogP contribution in [0.25, 0.3) is 16.6 Å². The first-order valence-electron chi connectivity index (χ1n) is 9.10. The molecule has 3 aromatic heterocycles. The van der Waals surface area contributed by atoms with Crippen molar-refractivity contribution in [1.82, 2.24) is 24.9 Å². The number of fused-ring (bicyclic) bond motifs is 2. The highest BCUT2D eigenvalue weighted by atomic mass is 16.1.